The predicted molar refractivity (Wildman–Crippen MR) is 62.7 cm³/mol. The molecule has 0 aromatic heterocycles. The molecule has 0 rings (SSSR count). The first kappa shape index (κ1) is 14.3. The predicted octanol–water partition coefficient (Wildman–Crippen LogP) is 3.92. The Morgan fingerprint density at radius 3 is 2.60 bits per heavy atom. The minimum atomic E-state index is -0.136. The van der Waals surface area contributed by atoms with Crippen LogP contribution in [0.5, 0.6) is 0 Å². The number of nitrogens with zero attached hydrogens (tertiary/aromatic N) is 3. The van der Waals surface area contributed by atoms with Crippen LogP contribution in [0.15, 0.2) is 5.11 Å². The van der Waals surface area contributed by atoms with E-state index in [4.69, 9.17) is 10.3 Å². The first-order valence-corrected chi connectivity index (χ1v) is 5.69. The highest BCUT2D eigenvalue weighted by Gasteiger charge is 2.21. The van der Waals surface area contributed by atoms with E-state index in [2.05, 4.69) is 37.7 Å². The molecule has 0 spiro atoms. The lowest BCUT2D eigenvalue weighted by molar-refractivity contribution is -0.0425. The lowest BCUT2D eigenvalue weighted by Crippen LogP contribution is -2.29. The highest BCUT2D eigenvalue weighted by atomic mass is 16.5. The molecule has 0 aliphatic carbocycles. The van der Waals surface area contributed by atoms with Crippen LogP contribution in [0.2, 0.25) is 0 Å². The summed E-state index contributed by atoms with van der Waals surface area (Å²) in [5.74, 6) is 0.670. The molecule has 0 N–H and O–H groups in total. The Kier molecular flexibility index (Phi) is 7.18. The number of rotatable bonds is 8. The maximum absolute atomic E-state index is 8.20. The third kappa shape index (κ3) is 7.23. The molecule has 88 valence electrons. The first-order chi connectivity index (χ1) is 7.04. The Labute approximate surface area is 92.6 Å². The molecule has 15 heavy (non-hydrogen) atoms. The number of ether oxygens (including phenoxy) is 1. The van der Waals surface area contributed by atoms with Crippen molar-refractivity contribution in [1.29, 1.82) is 0 Å². The summed E-state index contributed by atoms with van der Waals surface area (Å²) in [7, 11) is 0. The van der Waals surface area contributed by atoms with Crippen LogP contribution in [-0.4, -0.2) is 18.8 Å². The number of hydrogen-bond donors (Lipinski definition) is 0. The highest BCUT2D eigenvalue weighted by molar-refractivity contribution is 4.74. The van der Waals surface area contributed by atoms with E-state index in [1.807, 2.05) is 0 Å². The van der Waals surface area contributed by atoms with Crippen molar-refractivity contribution in [2.45, 2.75) is 52.6 Å². The zero-order chi connectivity index (χ0) is 11.7. The Bertz CT molecular complexity index is 212. The van der Waals surface area contributed by atoms with Gasteiger partial charge in [-0.2, -0.15) is 0 Å². The first-order valence-electron chi connectivity index (χ1n) is 5.69. The molecule has 4 heteroatoms. The summed E-state index contributed by atoms with van der Waals surface area (Å²) in [6.07, 6.45) is 2.83. The zero-order valence-electron chi connectivity index (χ0n) is 10.4. The molecule has 0 heterocycles. The molecule has 0 saturated carbocycles. The molecular formula is C11H23N3O. The Balaban J connectivity index is 3.89. The van der Waals surface area contributed by atoms with Gasteiger partial charge < -0.3 is 4.74 Å². The van der Waals surface area contributed by atoms with Crippen molar-refractivity contribution in [3.05, 3.63) is 10.4 Å². The van der Waals surface area contributed by atoms with E-state index in [0.29, 0.717) is 12.5 Å². The van der Waals surface area contributed by atoms with E-state index in [1.54, 1.807) is 0 Å². The van der Waals surface area contributed by atoms with Gasteiger partial charge in [0.1, 0.15) is 0 Å². The molecule has 4 nitrogen and oxygen atoms in total. The van der Waals surface area contributed by atoms with Crippen molar-refractivity contribution in [3.8, 4) is 0 Å². The average molecular weight is 213 g/mol. The van der Waals surface area contributed by atoms with Gasteiger partial charge in [-0.15, -0.1) is 0 Å². The second kappa shape index (κ2) is 7.55. The minimum absolute atomic E-state index is 0.136. The molecule has 1 atom stereocenters. The molecule has 0 bridgehead atoms. The van der Waals surface area contributed by atoms with E-state index in [1.165, 1.54) is 0 Å². The maximum atomic E-state index is 8.20. The summed E-state index contributed by atoms with van der Waals surface area (Å²) in [5.41, 5.74) is 8.07. The normalized spacial score (nSPS) is 14.7. The van der Waals surface area contributed by atoms with E-state index in [0.717, 1.165) is 25.9 Å². The van der Waals surface area contributed by atoms with E-state index in [9.17, 15) is 0 Å². The van der Waals surface area contributed by atoms with Crippen molar-refractivity contribution in [1.82, 2.24) is 0 Å². The number of hydrogen-bond acceptors (Lipinski definition) is 2. The van der Waals surface area contributed by atoms with E-state index in [-0.39, 0.29) is 5.60 Å². The van der Waals surface area contributed by atoms with Gasteiger partial charge in [-0.1, -0.05) is 25.9 Å². The van der Waals surface area contributed by atoms with Crippen LogP contribution >= 0.6 is 0 Å². The largest absolute Gasteiger partial charge is 0.375 e. The quantitative estimate of drug-likeness (QED) is 0.342. The van der Waals surface area contributed by atoms with E-state index < -0.39 is 0 Å². The SMILES string of the molecule is CCC(C)(CCN=[N+]=[N-])OCCC(C)C. The standard InChI is InChI=1S/C11H23N3O/c1-5-11(4,7-8-13-14-12)15-9-6-10(2)3/h10H,5-9H2,1-4H3. The maximum Gasteiger partial charge on any atom is 0.0653 e. The fraction of sp³-hybridized carbons (Fsp3) is 1.00. The Hall–Kier alpha value is -0.730. The molecule has 0 amide bonds. The minimum Gasteiger partial charge on any atom is -0.375 e. The van der Waals surface area contributed by atoms with Crippen LogP contribution in [0, 0.1) is 5.92 Å². The van der Waals surface area contributed by atoms with Gasteiger partial charge >= 0.3 is 0 Å². The lowest BCUT2D eigenvalue weighted by Gasteiger charge is -2.28. The average Bonchev–Trinajstić information content (AvgIpc) is 2.18. The van der Waals surface area contributed by atoms with Crippen LogP contribution < -0.4 is 0 Å². The van der Waals surface area contributed by atoms with Gasteiger partial charge in [0, 0.05) is 18.1 Å². The smallest absolute Gasteiger partial charge is 0.0653 e. The molecule has 1 unspecified atom stereocenters. The van der Waals surface area contributed by atoms with E-state index >= 15 is 0 Å². The van der Waals surface area contributed by atoms with Crippen LogP contribution in [0.1, 0.15) is 47.0 Å². The molecule has 0 aliphatic rings. The van der Waals surface area contributed by atoms with Crippen LogP contribution in [-0.2, 0) is 4.74 Å². The Morgan fingerprint density at radius 1 is 1.47 bits per heavy atom. The van der Waals surface area contributed by atoms with Crippen LogP contribution in [0.4, 0.5) is 0 Å². The topological polar surface area (TPSA) is 58.0 Å². The summed E-state index contributed by atoms with van der Waals surface area (Å²) in [5, 5.41) is 3.55. The van der Waals surface area contributed by atoms with Crippen molar-refractivity contribution in [2.75, 3.05) is 13.2 Å². The van der Waals surface area contributed by atoms with Crippen LogP contribution in [0.25, 0.3) is 10.4 Å². The fourth-order valence-electron chi connectivity index (χ4n) is 1.22. The van der Waals surface area contributed by atoms with Gasteiger partial charge in [-0.3, -0.25) is 0 Å². The monoisotopic (exact) mass is 213 g/mol. The summed E-state index contributed by atoms with van der Waals surface area (Å²) in [6.45, 7) is 9.87. The summed E-state index contributed by atoms with van der Waals surface area (Å²) in [6, 6.07) is 0. The third-order valence-corrected chi connectivity index (χ3v) is 2.70. The Morgan fingerprint density at radius 2 is 2.13 bits per heavy atom. The van der Waals surface area contributed by atoms with Crippen molar-refractivity contribution < 1.29 is 4.74 Å². The lowest BCUT2D eigenvalue weighted by atomic mass is 9.99. The van der Waals surface area contributed by atoms with Gasteiger partial charge in [-0.05, 0) is 37.6 Å². The zero-order valence-corrected chi connectivity index (χ0v) is 10.4. The molecule has 0 fully saturated rings. The van der Waals surface area contributed by atoms with Gasteiger partial charge in [0.05, 0.1) is 5.60 Å². The molecule has 0 radical (unpaired) electrons. The van der Waals surface area contributed by atoms with Gasteiger partial charge in [-0.25, -0.2) is 0 Å². The highest BCUT2D eigenvalue weighted by Crippen LogP contribution is 2.20. The molecular weight excluding hydrogens is 190 g/mol. The molecule has 0 aromatic rings. The second-order valence-corrected chi connectivity index (χ2v) is 4.54. The van der Waals surface area contributed by atoms with Gasteiger partial charge in [0.15, 0.2) is 0 Å². The summed E-state index contributed by atoms with van der Waals surface area (Å²) in [4.78, 5) is 2.75. The second-order valence-electron chi connectivity index (χ2n) is 4.54. The van der Waals surface area contributed by atoms with Crippen LogP contribution in [0.3, 0.4) is 0 Å². The summed E-state index contributed by atoms with van der Waals surface area (Å²) < 4.78 is 5.85. The molecule has 0 saturated heterocycles. The third-order valence-electron chi connectivity index (χ3n) is 2.70. The fourth-order valence-corrected chi connectivity index (χ4v) is 1.22. The van der Waals surface area contributed by atoms with Gasteiger partial charge in [0.25, 0.3) is 0 Å². The molecule has 0 aromatic carbocycles. The van der Waals surface area contributed by atoms with Gasteiger partial charge in [0.2, 0.25) is 0 Å². The van der Waals surface area contributed by atoms with Crippen molar-refractivity contribution in [3.63, 3.8) is 0 Å². The summed E-state index contributed by atoms with van der Waals surface area (Å²) >= 11 is 0. The van der Waals surface area contributed by atoms with Crippen molar-refractivity contribution in [2.24, 2.45) is 11.0 Å². The molecule has 0 aliphatic heterocycles. The van der Waals surface area contributed by atoms with Crippen molar-refractivity contribution >= 4 is 0 Å². The number of azide groups is 1.